The molecule has 1 aromatic carbocycles. The van der Waals surface area contributed by atoms with Crippen molar-refractivity contribution < 1.29 is 9.18 Å². The van der Waals surface area contributed by atoms with E-state index >= 15 is 4.39 Å². The Morgan fingerprint density at radius 1 is 1.03 bits per heavy atom. The van der Waals surface area contributed by atoms with Gasteiger partial charge in [-0.15, -0.1) is 0 Å². The molecule has 0 aromatic heterocycles. The summed E-state index contributed by atoms with van der Waals surface area (Å²) >= 11 is 0. The van der Waals surface area contributed by atoms with E-state index in [0.29, 0.717) is 29.7 Å². The number of halogens is 1. The van der Waals surface area contributed by atoms with Gasteiger partial charge in [0, 0.05) is 18.1 Å². The summed E-state index contributed by atoms with van der Waals surface area (Å²) < 4.78 is 15.2. The molecule has 5 rings (SSSR count). The first-order chi connectivity index (χ1) is 14.9. The zero-order valence-corrected chi connectivity index (χ0v) is 19.3. The number of carbonyl (C=O) groups excluding carboxylic acids is 1. The zero-order valence-electron chi connectivity index (χ0n) is 19.3. The van der Waals surface area contributed by atoms with Crippen molar-refractivity contribution in [2.75, 3.05) is 31.1 Å². The van der Waals surface area contributed by atoms with Crippen LogP contribution in [0, 0.1) is 11.2 Å². The van der Waals surface area contributed by atoms with Crippen LogP contribution in [0.15, 0.2) is 18.2 Å². The van der Waals surface area contributed by atoms with Gasteiger partial charge in [0.15, 0.2) is 0 Å². The topological polar surface area (TPSA) is 35.6 Å². The van der Waals surface area contributed by atoms with Gasteiger partial charge in [-0.1, -0.05) is 6.07 Å². The number of piperidine rings is 1. The number of carbonyl (C=O) groups is 1. The monoisotopic (exact) mass is 427 g/mol. The second-order valence-electron chi connectivity index (χ2n) is 10.9. The van der Waals surface area contributed by atoms with Crippen molar-refractivity contribution in [2.24, 2.45) is 5.41 Å². The molecule has 0 radical (unpaired) electrons. The molecule has 1 aliphatic carbocycles. The highest BCUT2D eigenvalue weighted by atomic mass is 19.1. The fourth-order valence-electron chi connectivity index (χ4n) is 7.01. The van der Waals surface area contributed by atoms with E-state index in [1.807, 2.05) is 6.07 Å². The Bertz CT molecular complexity index is 826. The number of likely N-dealkylation sites (tertiary alicyclic amines) is 1. The summed E-state index contributed by atoms with van der Waals surface area (Å²) in [6.45, 7) is 8.45. The smallest absolute Gasteiger partial charge is 0.233 e. The Kier molecular flexibility index (Phi) is 5.62. The first-order valence-electron chi connectivity index (χ1n) is 12.5. The molecular weight excluding hydrogens is 389 g/mol. The summed E-state index contributed by atoms with van der Waals surface area (Å²) in [5.74, 6) is 0.340. The maximum absolute atomic E-state index is 15.2. The van der Waals surface area contributed by atoms with Crippen LogP contribution < -0.4 is 10.2 Å². The van der Waals surface area contributed by atoms with E-state index in [1.54, 1.807) is 11.0 Å². The lowest BCUT2D eigenvalue weighted by Gasteiger charge is -2.46. The highest BCUT2D eigenvalue weighted by Crippen LogP contribution is 2.45. The molecule has 4 fully saturated rings. The maximum atomic E-state index is 15.2. The molecule has 0 bridgehead atoms. The van der Waals surface area contributed by atoms with Crippen molar-refractivity contribution in [3.8, 4) is 0 Å². The molecule has 1 saturated carbocycles. The molecule has 3 saturated heterocycles. The van der Waals surface area contributed by atoms with E-state index in [-0.39, 0.29) is 17.1 Å². The molecule has 170 valence electrons. The zero-order chi connectivity index (χ0) is 21.6. The van der Waals surface area contributed by atoms with E-state index in [1.165, 1.54) is 32.2 Å². The molecule has 3 heterocycles. The van der Waals surface area contributed by atoms with Gasteiger partial charge in [-0.25, -0.2) is 4.39 Å². The average Bonchev–Trinajstić information content (AvgIpc) is 3.34. The van der Waals surface area contributed by atoms with Gasteiger partial charge in [-0.05, 0) is 115 Å². The Morgan fingerprint density at radius 2 is 1.77 bits per heavy atom. The highest BCUT2D eigenvalue weighted by Gasteiger charge is 2.48. The van der Waals surface area contributed by atoms with E-state index < -0.39 is 0 Å². The van der Waals surface area contributed by atoms with E-state index in [2.05, 4.69) is 30.1 Å². The molecule has 31 heavy (non-hydrogen) atoms. The molecule has 3 aliphatic heterocycles. The third kappa shape index (κ3) is 3.72. The van der Waals surface area contributed by atoms with Crippen molar-refractivity contribution in [3.05, 3.63) is 29.6 Å². The van der Waals surface area contributed by atoms with Crippen LogP contribution in [0.5, 0.6) is 0 Å². The van der Waals surface area contributed by atoms with Crippen LogP contribution in [-0.4, -0.2) is 48.6 Å². The van der Waals surface area contributed by atoms with Gasteiger partial charge in [-0.3, -0.25) is 9.69 Å². The lowest BCUT2D eigenvalue weighted by atomic mass is 9.74. The second-order valence-corrected chi connectivity index (χ2v) is 10.9. The minimum absolute atomic E-state index is 0.133. The van der Waals surface area contributed by atoms with Crippen molar-refractivity contribution in [1.29, 1.82) is 0 Å². The molecule has 1 amide bonds. The lowest BCUT2D eigenvalue weighted by Crippen LogP contribution is -2.49. The van der Waals surface area contributed by atoms with E-state index in [9.17, 15) is 4.79 Å². The van der Waals surface area contributed by atoms with Crippen molar-refractivity contribution in [2.45, 2.75) is 89.1 Å². The van der Waals surface area contributed by atoms with Crippen LogP contribution >= 0.6 is 0 Å². The van der Waals surface area contributed by atoms with Crippen LogP contribution in [-0.2, 0) is 4.79 Å². The van der Waals surface area contributed by atoms with Gasteiger partial charge in [-0.2, -0.15) is 0 Å². The van der Waals surface area contributed by atoms with Crippen LogP contribution in [0.2, 0.25) is 0 Å². The number of benzene rings is 1. The maximum Gasteiger partial charge on any atom is 0.233 e. The molecule has 1 unspecified atom stereocenters. The summed E-state index contributed by atoms with van der Waals surface area (Å²) in [5, 5.41) is 3.34. The van der Waals surface area contributed by atoms with Crippen LogP contribution in [0.4, 0.5) is 10.1 Å². The predicted octanol–water partition coefficient (Wildman–Crippen LogP) is 4.83. The quantitative estimate of drug-likeness (QED) is 0.750. The fraction of sp³-hybridized carbons (Fsp3) is 0.731. The van der Waals surface area contributed by atoms with Crippen LogP contribution in [0.1, 0.15) is 83.1 Å². The lowest BCUT2D eigenvalue weighted by molar-refractivity contribution is -0.126. The molecule has 1 N–H and O–H groups in total. The highest BCUT2D eigenvalue weighted by molar-refractivity contribution is 6.00. The third-order valence-electron chi connectivity index (χ3n) is 9.12. The summed E-state index contributed by atoms with van der Waals surface area (Å²) in [5.41, 5.74) is 1.63. The van der Waals surface area contributed by atoms with Crippen molar-refractivity contribution >= 4 is 11.6 Å². The summed E-state index contributed by atoms with van der Waals surface area (Å²) in [6.07, 6.45) is 9.86. The molecule has 4 aliphatic rings. The third-order valence-corrected chi connectivity index (χ3v) is 9.12. The number of nitrogens with one attached hydrogen (secondary N) is 1. The first-order valence-corrected chi connectivity index (χ1v) is 12.5. The molecule has 1 atom stereocenters. The van der Waals surface area contributed by atoms with Crippen molar-refractivity contribution in [1.82, 2.24) is 10.2 Å². The number of amides is 1. The predicted molar refractivity (Wildman–Crippen MR) is 123 cm³/mol. The largest absolute Gasteiger partial charge is 0.317 e. The van der Waals surface area contributed by atoms with Crippen LogP contribution in [0.25, 0.3) is 0 Å². The van der Waals surface area contributed by atoms with Crippen molar-refractivity contribution in [3.63, 3.8) is 0 Å². The molecule has 4 nitrogen and oxygen atoms in total. The number of anilines is 1. The number of hydrogen-bond donors (Lipinski definition) is 1. The Labute approximate surface area is 186 Å². The van der Waals surface area contributed by atoms with Gasteiger partial charge in [0.1, 0.15) is 5.82 Å². The van der Waals surface area contributed by atoms with E-state index in [0.717, 1.165) is 50.8 Å². The van der Waals surface area contributed by atoms with Crippen LogP contribution in [0.3, 0.4) is 0 Å². The van der Waals surface area contributed by atoms with Gasteiger partial charge < -0.3 is 10.2 Å². The second kappa shape index (κ2) is 8.15. The number of nitrogens with zero attached hydrogens (tertiary/aromatic N) is 2. The minimum Gasteiger partial charge on any atom is -0.317 e. The molecular formula is C26H38FN3O. The van der Waals surface area contributed by atoms with E-state index in [4.69, 9.17) is 0 Å². The standard InChI is InChI=1S/C26H38FN3O/c1-19-4-3-16-30(19)25(2)9-7-20(8-10-25)21-5-6-23(22(27)18-21)29-17-13-26(24(29)31)11-14-28-15-12-26/h5-6,18-20,28H,3-4,7-17H2,1-2H3. The normalized spacial score (nSPS) is 34.0. The summed E-state index contributed by atoms with van der Waals surface area (Å²) in [7, 11) is 0. The van der Waals surface area contributed by atoms with Gasteiger partial charge in [0.2, 0.25) is 5.91 Å². The fourth-order valence-corrected chi connectivity index (χ4v) is 7.01. The Morgan fingerprint density at radius 3 is 2.42 bits per heavy atom. The molecule has 1 aromatic rings. The first kappa shape index (κ1) is 21.4. The Balaban J connectivity index is 1.27. The minimum atomic E-state index is -0.267. The SMILES string of the molecule is CC1CCCN1C1(C)CCC(c2ccc(N3CCC4(CCNCC4)C3=O)c(F)c2)CC1. The number of rotatable bonds is 3. The molecule has 1 spiro atoms. The van der Waals surface area contributed by atoms with Gasteiger partial charge in [0.05, 0.1) is 11.1 Å². The summed E-state index contributed by atoms with van der Waals surface area (Å²) in [6, 6.07) is 6.38. The molecule has 5 heteroatoms. The van der Waals surface area contributed by atoms with Gasteiger partial charge >= 0.3 is 0 Å². The average molecular weight is 428 g/mol. The Hall–Kier alpha value is -1.46. The number of hydrogen-bond acceptors (Lipinski definition) is 3. The summed E-state index contributed by atoms with van der Waals surface area (Å²) in [4.78, 5) is 17.6. The van der Waals surface area contributed by atoms with Gasteiger partial charge in [0.25, 0.3) is 0 Å².